The zero-order chi connectivity index (χ0) is 13.9. The third-order valence-corrected chi connectivity index (χ3v) is 3.78. The van der Waals surface area contributed by atoms with E-state index in [0.29, 0.717) is 6.54 Å². The second-order valence-corrected chi connectivity index (χ2v) is 5.09. The van der Waals surface area contributed by atoms with Gasteiger partial charge in [-0.05, 0) is 42.5 Å². The average Bonchev–Trinajstić information content (AvgIpc) is 2.95. The van der Waals surface area contributed by atoms with E-state index in [1.807, 2.05) is 12.1 Å². The summed E-state index contributed by atoms with van der Waals surface area (Å²) in [5, 5.41) is 0. The number of aromatic nitrogens is 2. The summed E-state index contributed by atoms with van der Waals surface area (Å²) in [6, 6.07) is 8.04. The first-order chi connectivity index (χ1) is 9.80. The van der Waals surface area contributed by atoms with E-state index in [-0.39, 0.29) is 12.4 Å². The lowest BCUT2D eigenvalue weighted by Crippen LogP contribution is -2.10. The van der Waals surface area contributed by atoms with E-state index in [2.05, 4.69) is 17.1 Å². The second kappa shape index (κ2) is 6.87. The van der Waals surface area contributed by atoms with Gasteiger partial charge in [-0.25, -0.2) is 9.97 Å². The highest BCUT2D eigenvalue weighted by Crippen LogP contribution is 2.23. The molecule has 21 heavy (non-hydrogen) atoms. The van der Waals surface area contributed by atoms with Crippen molar-refractivity contribution in [1.29, 1.82) is 0 Å². The molecule has 0 aliphatic heterocycles. The van der Waals surface area contributed by atoms with Gasteiger partial charge in [0.15, 0.2) is 0 Å². The van der Waals surface area contributed by atoms with Crippen molar-refractivity contribution in [3.05, 3.63) is 52.6 Å². The van der Waals surface area contributed by atoms with Crippen LogP contribution < -0.4 is 10.5 Å². The minimum absolute atomic E-state index is 0. The smallest absolute Gasteiger partial charge is 0.133 e. The number of hydrogen-bond acceptors (Lipinski definition) is 4. The van der Waals surface area contributed by atoms with Crippen LogP contribution >= 0.6 is 12.4 Å². The van der Waals surface area contributed by atoms with Crippen LogP contribution in [0.4, 0.5) is 0 Å². The molecule has 1 aliphatic carbocycles. The lowest BCUT2D eigenvalue weighted by Gasteiger charge is -2.09. The maximum Gasteiger partial charge on any atom is 0.133 e. The molecule has 0 amide bonds. The van der Waals surface area contributed by atoms with Crippen LogP contribution in [0.5, 0.6) is 5.75 Å². The normalized spacial score (nSPS) is 12.7. The molecule has 3 rings (SSSR count). The minimum atomic E-state index is 0. The Kier molecular flexibility index (Phi) is 5.15. The van der Waals surface area contributed by atoms with Crippen LogP contribution in [0.1, 0.15) is 34.8 Å². The molecule has 1 aromatic heterocycles. The van der Waals surface area contributed by atoms with Crippen LogP contribution in [-0.2, 0) is 25.8 Å². The molecule has 0 saturated carbocycles. The summed E-state index contributed by atoms with van der Waals surface area (Å²) in [5.41, 5.74) is 10.5. The first-order valence-electron chi connectivity index (χ1n) is 7.00. The van der Waals surface area contributed by atoms with E-state index in [1.54, 1.807) is 7.11 Å². The van der Waals surface area contributed by atoms with Gasteiger partial charge in [0, 0.05) is 18.7 Å². The third-order valence-electron chi connectivity index (χ3n) is 3.78. The summed E-state index contributed by atoms with van der Waals surface area (Å²) in [4.78, 5) is 9.34. The standard InChI is InChI=1S/C16H19N3O.ClH/c1-20-12-7-5-11(6-8-12)9-16-18-14-4-2-3-13(14)15(10-17)19-16;/h5-8H,2-4,9-10,17H2,1H3;1H. The Morgan fingerprint density at radius 2 is 1.90 bits per heavy atom. The number of benzene rings is 1. The Bertz CT molecular complexity index is 614. The van der Waals surface area contributed by atoms with Crippen LogP contribution in [0.15, 0.2) is 24.3 Å². The van der Waals surface area contributed by atoms with Crippen molar-refractivity contribution in [3.8, 4) is 5.75 Å². The molecule has 1 aliphatic rings. The Balaban J connectivity index is 0.00000161. The molecule has 1 aromatic carbocycles. The molecule has 4 nitrogen and oxygen atoms in total. The van der Waals surface area contributed by atoms with Crippen molar-refractivity contribution in [1.82, 2.24) is 9.97 Å². The van der Waals surface area contributed by atoms with Gasteiger partial charge >= 0.3 is 0 Å². The van der Waals surface area contributed by atoms with Gasteiger partial charge in [-0.1, -0.05) is 12.1 Å². The number of fused-ring (bicyclic) bond motifs is 1. The largest absolute Gasteiger partial charge is 0.497 e. The Morgan fingerprint density at radius 3 is 2.57 bits per heavy atom. The summed E-state index contributed by atoms with van der Waals surface area (Å²) in [6.45, 7) is 0.500. The van der Waals surface area contributed by atoms with Gasteiger partial charge in [-0.3, -0.25) is 0 Å². The number of halogens is 1. The maximum absolute atomic E-state index is 5.82. The van der Waals surface area contributed by atoms with Gasteiger partial charge in [0.2, 0.25) is 0 Å². The zero-order valence-electron chi connectivity index (χ0n) is 12.1. The highest BCUT2D eigenvalue weighted by atomic mass is 35.5. The fourth-order valence-corrected chi connectivity index (χ4v) is 2.74. The predicted octanol–water partition coefficient (Wildman–Crippen LogP) is 2.45. The Labute approximate surface area is 131 Å². The molecule has 0 radical (unpaired) electrons. The number of nitrogens with two attached hydrogens (primary N) is 1. The van der Waals surface area contributed by atoms with Crippen molar-refractivity contribution in [2.75, 3.05) is 7.11 Å². The van der Waals surface area contributed by atoms with Gasteiger partial charge in [-0.15, -0.1) is 12.4 Å². The van der Waals surface area contributed by atoms with Crippen LogP contribution in [0.3, 0.4) is 0 Å². The third kappa shape index (κ3) is 3.34. The lowest BCUT2D eigenvalue weighted by molar-refractivity contribution is 0.414. The van der Waals surface area contributed by atoms with Crippen LogP contribution in [0.2, 0.25) is 0 Å². The highest BCUT2D eigenvalue weighted by molar-refractivity contribution is 5.85. The van der Waals surface area contributed by atoms with Crippen molar-refractivity contribution >= 4 is 12.4 Å². The van der Waals surface area contributed by atoms with E-state index >= 15 is 0 Å². The molecule has 0 atom stereocenters. The Hall–Kier alpha value is -1.65. The molecule has 2 aromatic rings. The molecule has 0 bridgehead atoms. The summed E-state index contributed by atoms with van der Waals surface area (Å²) in [6.07, 6.45) is 4.04. The van der Waals surface area contributed by atoms with Crippen LogP contribution in [0, 0.1) is 0 Å². The summed E-state index contributed by atoms with van der Waals surface area (Å²) >= 11 is 0. The van der Waals surface area contributed by atoms with E-state index in [4.69, 9.17) is 15.5 Å². The van der Waals surface area contributed by atoms with Crippen molar-refractivity contribution in [2.24, 2.45) is 5.73 Å². The molecule has 112 valence electrons. The monoisotopic (exact) mass is 305 g/mol. The number of methoxy groups -OCH3 is 1. The number of nitrogens with zero attached hydrogens (tertiary/aromatic N) is 2. The molecule has 5 heteroatoms. The zero-order valence-corrected chi connectivity index (χ0v) is 12.9. The highest BCUT2D eigenvalue weighted by Gasteiger charge is 2.18. The first-order valence-corrected chi connectivity index (χ1v) is 7.00. The van der Waals surface area contributed by atoms with Crippen molar-refractivity contribution < 1.29 is 4.74 Å². The SMILES string of the molecule is COc1ccc(Cc2nc(CN)c3c(n2)CCC3)cc1.Cl. The quantitative estimate of drug-likeness (QED) is 0.942. The second-order valence-electron chi connectivity index (χ2n) is 5.09. The number of ether oxygens (including phenoxy) is 1. The predicted molar refractivity (Wildman–Crippen MR) is 85.0 cm³/mol. The minimum Gasteiger partial charge on any atom is -0.497 e. The molecule has 1 heterocycles. The Morgan fingerprint density at radius 1 is 1.14 bits per heavy atom. The van der Waals surface area contributed by atoms with Gasteiger partial charge in [0.25, 0.3) is 0 Å². The summed E-state index contributed by atoms with van der Waals surface area (Å²) in [7, 11) is 1.67. The van der Waals surface area contributed by atoms with E-state index in [9.17, 15) is 0 Å². The number of rotatable bonds is 4. The number of hydrogen-bond donors (Lipinski definition) is 1. The summed E-state index contributed by atoms with van der Waals surface area (Å²) < 4.78 is 5.17. The number of aryl methyl sites for hydroxylation is 1. The molecule has 0 unspecified atom stereocenters. The molecule has 0 fully saturated rings. The fourth-order valence-electron chi connectivity index (χ4n) is 2.74. The first kappa shape index (κ1) is 15.7. The van der Waals surface area contributed by atoms with E-state index < -0.39 is 0 Å². The topological polar surface area (TPSA) is 61.0 Å². The van der Waals surface area contributed by atoms with Gasteiger partial charge < -0.3 is 10.5 Å². The molecular weight excluding hydrogens is 286 g/mol. The maximum atomic E-state index is 5.82. The lowest BCUT2D eigenvalue weighted by atomic mass is 10.1. The molecule has 0 spiro atoms. The average molecular weight is 306 g/mol. The molecular formula is C16H20ClN3O. The van der Waals surface area contributed by atoms with Crippen molar-refractivity contribution in [3.63, 3.8) is 0 Å². The van der Waals surface area contributed by atoms with Gasteiger partial charge in [0.1, 0.15) is 11.6 Å². The van der Waals surface area contributed by atoms with Crippen LogP contribution in [0.25, 0.3) is 0 Å². The molecule has 0 saturated heterocycles. The van der Waals surface area contributed by atoms with Gasteiger partial charge in [0.05, 0.1) is 12.8 Å². The van der Waals surface area contributed by atoms with E-state index in [0.717, 1.165) is 36.5 Å². The van der Waals surface area contributed by atoms with Crippen molar-refractivity contribution in [2.45, 2.75) is 32.2 Å². The van der Waals surface area contributed by atoms with Gasteiger partial charge in [-0.2, -0.15) is 0 Å². The summed E-state index contributed by atoms with van der Waals surface area (Å²) in [5.74, 6) is 1.74. The fraction of sp³-hybridized carbons (Fsp3) is 0.375. The van der Waals surface area contributed by atoms with Crippen LogP contribution in [-0.4, -0.2) is 17.1 Å². The van der Waals surface area contributed by atoms with E-state index in [1.165, 1.54) is 23.2 Å². The molecule has 2 N–H and O–H groups in total.